The van der Waals surface area contributed by atoms with E-state index in [2.05, 4.69) is 24.1 Å². The normalized spacial score (nSPS) is 12.2. The SMILES string of the molecule is CCCC(CC)Cc1nc(-c2ccc(F)cc2)cnc1NC(=O)CC(C)C. The first-order valence-electron chi connectivity index (χ1n) is 9.84. The number of aromatic nitrogens is 2. The molecular weight excluding hydrogens is 341 g/mol. The van der Waals surface area contributed by atoms with Crippen LogP contribution in [0.15, 0.2) is 30.5 Å². The van der Waals surface area contributed by atoms with Gasteiger partial charge in [-0.25, -0.2) is 14.4 Å². The molecule has 0 aliphatic heterocycles. The second-order valence-corrected chi connectivity index (χ2v) is 7.47. The summed E-state index contributed by atoms with van der Waals surface area (Å²) < 4.78 is 13.2. The number of halogens is 1. The van der Waals surface area contributed by atoms with Crippen molar-refractivity contribution >= 4 is 11.7 Å². The molecule has 5 heteroatoms. The van der Waals surface area contributed by atoms with Crippen LogP contribution in [0.25, 0.3) is 11.3 Å². The molecule has 146 valence electrons. The zero-order chi connectivity index (χ0) is 19.8. The van der Waals surface area contributed by atoms with E-state index >= 15 is 0 Å². The van der Waals surface area contributed by atoms with Crippen LogP contribution in [-0.2, 0) is 11.2 Å². The molecule has 0 aliphatic carbocycles. The fraction of sp³-hybridized carbons (Fsp3) is 0.500. The highest BCUT2D eigenvalue weighted by molar-refractivity contribution is 5.90. The Labute approximate surface area is 161 Å². The van der Waals surface area contributed by atoms with Crippen LogP contribution in [0.1, 0.15) is 59.1 Å². The Hall–Kier alpha value is -2.30. The second-order valence-electron chi connectivity index (χ2n) is 7.47. The first kappa shape index (κ1) is 21.0. The molecule has 1 amide bonds. The minimum absolute atomic E-state index is 0.0429. The Morgan fingerprint density at radius 2 is 1.89 bits per heavy atom. The minimum atomic E-state index is -0.279. The van der Waals surface area contributed by atoms with Crippen molar-refractivity contribution in [2.45, 2.75) is 59.8 Å². The third-order valence-electron chi connectivity index (χ3n) is 4.59. The van der Waals surface area contributed by atoms with Crippen LogP contribution in [0.4, 0.5) is 10.2 Å². The smallest absolute Gasteiger partial charge is 0.225 e. The van der Waals surface area contributed by atoms with Crippen molar-refractivity contribution in [1.82, 2.24) is 9.97 Å². The third-order valence-corrected chi connectivity index (χ3v) is 4.59. The summed E-state index contributed by atoms with van der Waals surface area (Å²) in [7, 11) is 0. The Bertz CT molecular complexity index is 744. The predicted octanol–water partition coefficient (Wildman–Crippen LogP) is 5.64. The lowest BCUT2D eigenvalue weighted by atomic mass is 9.95. The highest BCUT2D eigenvalue weighted by Gasteiger charge is 2.16. The quantitative estimate of drug-likeness (QED) is 0.621. The van der Waals surface area contributed by atoms with Crippen molar-refractivity contribution in [3.63, 3.8) is 0 Å². The molecule has 0 saturated heterocycles. The monoisotopic (exact) mass is 371 g/mol. The van der Waals surface area contributed by atoms with Crippen molar-refractivity contribution in [3.05, 3.63) is 42.0 Å². The highest BCUT2D eigenvalue weighted by atomic mass is 19.1. The number of rotatable bonds is 9. The maximum atomic E-state index is 13.2. The van der Waals surface area contributed by atoms with E-state index < -0.39 is 0 Å². The van der Waals surface area contributed by atoms with E-state index in [1.807, 2.05) is 13.8 Å². The molecule has 1 aromatic carbocycles. The molecule has 0 bridgehead atoms. The van der Waals surface area contributed by atoms with E-state index in [0.717, 1.165) is 36.9 Å². The first-order valence-corrected chi connectivity index (χ1v) is 9.84. The van der Waals surface area contributed by atoms with Gasteiger partial charge in [0.1, 0.15) is 5.82 Å². The number of carbonyl (C=O) groups excluding carboxylic acids is 1. The highest BCUT2D eigenvalue weighted by Crippen LogP contribution is 2.25. The molecule has 0 saturated carbocycles. The van der Waals surface area contributed by atoms with Gasteiger partial charge in [-0.3, -0.25) is 4.79 Å². The van der Waals surface area contributed by atoms with E-state index in [-0.39, 0.29) is 17.6 Å². The molecule has 0 fully saturated rings. The molecule has 1 heterocycles. The van der Waals surface area contributed by atoms with Crippen molar-refractivity contribution in [2.24, 2.45) is 11.8 Å². The van der Waals surface area contributed by atoms with Gasteiger partial charge in [0, 0.05) is 12.0 Å². The standard InChI is InChI=1S/C22H30FN3O/c1-5-7-16(6-2)13-19-22(26-21(27)12-15(3)4)24-14-20(25-19)17-8-10-18(23)11-9-17/h8-11,14-16H,5-7,12-13H2,1-4H3,(H,24,26,27). The molecule has 1 unspecified atom stereocenters. The van der Waals surface area contributed by atoms with Crippen molar-refractivity contribution in [2.75, 3.05) is 5.32 Å². The van der Waals surface area contributed by atoms with Gasteiger partial charge in [0.2, 0.25) is 5.91 Å². The van der Waals surface area contributed by atoms with Gasteiger partial charge in [-0.2, -0.15) is 0 Å². The lowest BCUT2D eigenvalue weighted by molar-refractivity contribution is -0.116. The van der Waals surface area contributed by atoms with E-state index in [1.54, 1.807) is 18.3 Å². The molecule has 0 aliphatic rings. The number of carbonyl (C=O) groups is 1. The number of hydrogen-bond acceptors (Lipinski definition) is 3. The van der Waals surface area contributed by atoms with Crippen molar-refractivity contribution in [3.8, 4) is 11.3 Å². The Morgan fingerprint density at radius 1 is 1.19 bits per heavy atom. The van der Waals surface area contributed by atoms with Gasteiger partial charge < -0.3 is 5.32 Å². The Balaban J connectivity index is 2.33. The number of nitrogens with zero attached hydrogens (tertiary/aromatic N) is 2. The van der Waals surface area contributed by atoms with Crippen LogP contribution in [0.3, 0.4) is 0 Å². The van der Waals surface area contributed by atoms with Gasteiger partial charge in [-0.05, 0) is 42.5 Å². The molecule has 2 rings (SSSR count). The molecule has 0 spiro atoms. The van der Waals surface area contributed by atoms with Crippen LogP contribution in [0.5, 0.6) is 0 Å². The average molecular weight is 372 g/mol. The molecule has 1 atom stereocenters. The number of benzene rings is 1. The molecular formula is C22H30FN3O. The number of anilines is 1. The summed E-state index contributed by atoms with van der Waals surface area (Å²) in [6.07, 6.45) is 6.13. The summed E-state index contributed by atoms with van der Waals surface area (Å²) in [5, 5.41) is 2.93. The van der Waals surface area contributed by atoms with Crippen molar-refractivity contribution in [1.29, 1.82) is 0 Å². The first-order chi connectivity index (χ1) is 12.9. The fourth-order valence-electron chi connectivity index (χ4n) is 3.12. The fourth-order valence-corrected chi connectivity index (χ4v) is 3.12. The van der Waals surface area contributed by atoms with Gasteiger partial charge >= 0.3 is 0 Å². The maximum Gasteiger partial charge on any atom is 0.225 e. The summed E-state index contributed by atoms with van der Waals surface area (Å²) in [5.41, 5.74) is 2.31. The van der Waals surface area contributed by atoms with Gasteiger partial charge in [0.05, 0.1) is 17.6 Å². The van der Waals surface area contributed by atoms with Crippen LogP contribution in [0.2, 0.25) is 0 Å². The Kier molecular flexibility index (Phi) is 7.89. The van der Waals surface area contributed by atoms with E-state index in [1.165, 1.54) is 12.1 Å². The number of hydrogen-bond donors (Lipinski definition) is 1. The second kappa shape index (κ2) is 10.1. The summed E-state index contributed by atoms with van der Waals surface area (Å²) in [6.45, 7) is 8.37. The molecule has 2 aromatic rings. The average Bonchev–Trinajstić information content (AvgIpc) is 2.62. The van der Waals surface area contributed by atoms with Gasteiger partial charge in [0.15, 0.2) is 5.82 Å². The van der Waals surface area contributed by atoms with E-state index in [4.69, 9.17) is 4.98 Å². The predicted molar refractivity (Wildman–Crippen MR) is 108 cm³/mol. The molecule has 1 N–H and O–H groups in total. The minimum Gasteiger partial charge on any atom is -0.309 e. The van der Waals surface area contributed by atoms with Crippen LogP contribution >= 0.6 is 0 Å². The molecule has 0 radical (unpaired) electrons. The lowest BCUT2D eigenvalue weighted by Crippen LogP contribution is -2.18. The number of nitrogens with one attached hydrogen (secondary N) is 1. The summed E-state index contributed by atoms with van der Waals surface area (Å²) in [4.78, 5) is 21.5. The van der Waals surface area contributed by atoms with Crippen LogP contribution in [-0.4, -0.2) is 15.9 Å². The summed E-state index contributed by atoms with van der Waals surface area (Å²) in [6, 6.07) is 6.23. The zero-order valence-electron chi connectivity index (χ0n) is 16.8. The number of amides is 1. The van der Waals surface area contributed by atoms with Gasteiger partial charge in [-0.15, -0.1) is 0 Å². The third kappa shape index (κ3) is 6.42. The van der Waals surface area contributed by atoms with Crippen molar-refractivity contribution < 1.29 is 9.18 Å². The van der Waals surface area contributed by atoms with Gasteiger partial charge in [0.25, 0.3) is 0 Å². The molecule has 27 heavy (non-hydrogen) atoms. The van der Waals surface area contributed by atoms with Crippen LogP contribution < -0.4 is 5.32 Å². The van der Waals surface area contributed by atoms with E-state index in [0.29, 0.717) is 23.9 Å². The van der Waals surface area contributed by atoms with Gasteiger partial charge in [-0.1, -0.05) is 47.0 Å². The van der Waals surface area contributed by atoms with Crippen LogP contribution in [0, 0.1) is 17.7 Å². The maximum absolute atomic E-state index is 13.2. The zero-order valence-corrected chi connectivity index (χ0v) is 16.8. The summed E-state index contributed by atoms with van der Waals surface area (Å²) in [5.74, 6) is 0.995. The lowest BCUT2D eigenvalue weighted by Gasteiger charge is -2.17. The largest absolute Gasteiger partial charge is 0.309 e. The molecule has 4 nitrogen and oxygen atoms in total. The topological polar surface area (TPSA) is 54.9 Å². The summed E-state index contributed by atoms with van der Waals surface area (Å²) >= 11 is 0. The van der Waals surface area contributed by atoms with E-state index in [9.17, 15) is 9.18 Å². The Morgan fingerprint density at radius 3 is 2.48 bits per heavy atom. The molecule has 1 aromatic heterocycles.